The van der Waals surface area contributed by atoms with Crippen LogP contribution in [0.2, 0.25) is 0 Å². The van der Waals surface area contributed by atoms with Gasteiger partial charge in [0, 0.05) is 10.8 Å². The molecule has 0 bridgehead atoms. The lowest BCUT2D eigenvalue weighted by molar-refractivity contribution is -0.117. The van der Waals surface area contributed by atoms with Crippen LogP contribution in [0.5, 0.6) is 0 Å². The first-order valence-electron chi connectivity index (χ1n) is 6.26. The highest BCUT2D eigenvalue weighted by Crippen LogP contribution is 2.42. The molecule has 1 heterocycles. The van der Waals surface area contributed by atoms with E-state index in [1.807, 2.05) is 6.92 Å². The van der Waals surface area contributed by atoms with Crippen LogP contribution in [0.15, 0.2) is 0 Å². The van der Waals surface area contributed by atoms with Crippen molar-refractivity contribution < 1.29 is 14.7 Å². The second kappa shape index (κ2) is 4.09. The van der Waals surface area contributed by atoms with Gasteiger partial charge in [-0.2, -0.15) is 0 Å². The molecule has 1 saturated carbocycles. The predicted molar refractivity (Wildman–Crippen MR) is 69.2 cm³/mol. The summed E-state index contributed by atoms with van der Waals surface area (Å²) >= 11 is 1.44. The van der Waals surface area contributed by atoms with Crippen LogP contribution in [0.3, 0.4) is 0 Å². The van der Waals surface area contributed by atoms with E-state index in [1.54, 1.807) is 0 Å². The monoisotopic (exact) mass is 265 g/mol. The molecule has 96 valence electrons. The quantitative estimate of drug-likeness (QED) is 0.882. The highest BCUT2D eigenvalue weighted by atomic mass is 32.1. The van der Waals surface area contributed by atoms with Gasteiger partial charge in [-0.25, -0.2) is 4.79 Å². The number of amides is 1. The molecule has 2 aliphatic rings. The molecule has 1 aromatic heterocycles. The number of carbonyl (C=O) groups excluding carboxylic acids is 1. The maximum absolute atomic E-state index is 11.9. The molecule has 0 saturated heterocycles. The summed E-state index contributed by atoms with van der Waals surface area (Å²) in [5.74, 6) is -0.438. The Kier molecular flexibility index (Phi) is 2.66. The van der Waals surface area contributed by atoms with Crippen molar-refractivity contribution in [1.82, 2.24) is 0 Å². The maximum Gasteiger partial charge on any atom is 0.339 e. The Morgan fingerprint density at radius 2 is 2.11 bits per heavy atom. The molecule has 5 heteroatoms. The van der Waals surface area contributed by atoms with Gasteiger partial charge in [0.15, 0.2) is 0 Å². The van der Waals surface area contributed by atoms with E-state index in [-0.39, 0.29) is 11.8 Å². The van der Waals surface area contributed by atoms with E-state index in [4.69, 9.17) is 0 Å². The van der Waals surface area contributed by atoms with Crippen molar-refractivity contribution in [2.24, 2.45) is 11.8 Å². The van der Waals surface area contributed by atoms with Gasteiger partial charge in [-0.3, -0.25) is 4.79 Å². The van der Waals surface area contributed by atoms with E-state index < -0.39 is 5.97 Å². The van der Waals surface area contributed by atoms with E-state index in [0.717, 1.165) is 36.1 Å². The summed E-state index contributed by atoms with van der Waals surface area (Å²) in [6.07, 6.45) is 3.70. The molecule has 2 atom stereocenters. The fraction of sp³-hybridized carbons (Fsp3) is 0.538. The number of hydrogen-bond donors (Lipinski definition) is 2. The molecule has 18 heavy (non-hydrogen) atoms. The van der Waals surface area contributed by atoms with E-state index in [0.29, 0.717) is 16.5 Å². The molecule has 4 nitrogen and oxygen atoms in total. The molecule has 0 spiro atoms. The van der Waals surface area contributed by atoms with Gasteiger partial charge in [0.2, 0.25) is 5.91 Å². The number of rotatable bonds is 3. The van der Waals surface area contributed by atoms with E-state index >= 15 is 0 Å². The molecule has 0 unspecified atom stereocenters. The van der Waals surface area contributed by atoms with Gasteiger partial charge in [-0.15, -0.1) is 11.3 Å². The molecule has 0 radical (unpaired) electrons. The van der Waals surface area contributed by atoms with Gasteiger partial charge in [0.1, 0.15) is 5.00 Å². The van der Waals surface area contributed by atoms with Crippen molar-refractivity contribution in [3.05, 3.63) is 16.0 Å². The van der Waals surface area contributed by atoms with Crippen molar-refractivity contribution in [3.8, 4) is 0 Å². The summed E-state index contributed by atoms with van der Waals surface area (Å²) in [4.78, 5) is 24.3. The van der Waals surface area contributed by atoms with Gasteiger partial charge < -0.3 is 10.4 Å². The normalized spacial score (nSPS) is 24.7. The minimum atomic E-state index is -0.923. The van der Waals surface area contributed by atoms with Crippen molar-refractivity contribution >= 4 is 28.2 Å². The van der Waals surface area contributed by atoms with Crippen molar-refractivity contribution in [3.63, 3.8) is 0 Å². The summed E-state index contributed by atoms with van der Waals surface area (Å²) < 4.78 is 0. The van der Waals surface area contributed by atoms with Crippen molar-refractivity contribution in [1.29, 1.82) is 0 Å². The largest absolute Gasteiger partial charge is 0.478 e. The lowest BCUT2D eigenvalue weighted by atomic mass is 10.1. The Balaban J connectivity index is 1.87. The number of carboxylic acid groups (broad SMARTS) is 1. The Bertz CT molecular complexity index is 535. The number of aromatic carboxylic acids is 1. The third kappa shape index (κ3) is 1.82. The summed E-state index contributed by atoms with van der Waals surface area (Å²) in [6.45, 7) is 2.04. The number of carbonyl (C=O) groups is 2. The fourth-order valence-electron chi connectivity index (χ4n) is 2.61. The summed E-state index contributed by atoms with van der Waals surface area (Å²) in [7, 11) is 0. The molecular weight excluding hydrogens is 250 g/mol. The topological polar surface area (TPSA) is 66.4 Å². The van der Waals surface area contributed by atoms with Crippen LogP contribution in [0.1, 0.15) is 40.6 Å². The molecule has 1 fully saturated rings. The molecule has 1 amide bonds. The van der Waals surface area contributed by atoms with E-state index in [1.165, 1.54) is 11.3 Å². The molecule has 0 aromatic carbocycles. The van der Waals surface area contributed by atoms with Crippen LogP contribution in [0, 0.1) is 11.8 Å². The first kappa shape index (κ1) is 11.7. The number of hydrogen-bond acceptors (Lipinski definition) is 3. The Morgan fingerprint density at radius 1 is 1.39 bits per heavy atom. The highest BCUT2D eigenvalue weighted by Gasteiger charge is 2.40. The highest BCUT2D eigenvalue weighted by molar-refractivity contribution is 7.17. The minimum Gasteiger partial charge on any atom is -0.478 e. The zero-order valence-corrected chi connectivity index (χ0v) is 11.0. The number of fused-ring (bicyclic) bond motifs is 1. The predicted octanol–water partition coefficient (Wildman–Crippen LogP) is 2.53. The van der Waals surface area contributed by atoms with E-state index in [9.17, 15) is 14.7 Å². The molecule has 0 aliphatic heterocycles. The van der Waals surface area contributed by atoms with Gasteiger partial charge in [0.25, 0.3) is 0 Å². The molecule has 1 aromatic rings. The minimum absolute atomic E-state index is 0.0232. The lowest BCUT2D eigenvalue weighted by Gasteiger charge is -2.04. The second-order valence-corrected chi connectivity index (χ2v) is 6.28. The number of anilines is 1. The van der Waals surface area contributed by atoms with Crippen LogP contribution in [-0.4, -0.2) is 17.0 Å². The summed E-state index contributed by atoms with van der Waals surface area (Å²) in [5, 5.41) is 12.6. The number of thiophene rings is 1. The Morgan fingerprint density at radius 3 is 2.72 bits per heavy atom. The average Bonchev–Trinajstić information content (AvgIpc) is 2.70. The first-order valence-corrected chi connectivity index (χ1v) is 7.08. The second-order valence-electron chi connectivity index (χ2n) is 5.18. The summed E-state index contributed by atoms with van der Waals surface area (Å²) in [5.41, 5.74) is 1.26. The molecule has 2 aliphatic carbocycles. The Labute approximate surface area is 109 Å². The van der Waals surface area contributed by atoms with Crippen molar-refractivity contribution in [2.45, 2.75) is 32.6 Å². The van der Waals surface area contributed by atoms with Gasteiger partial charge >= 0.3 is 5.97 Å². The van der Waals surface area contributed by atoms with Crippen LogP contribution in [-0.2, 0) is 17.6 Å². The maximum atomic E-state index is 11.9. The fourth-order valence-corrected chi connectivity index (χ4v) is 3.89. The van der Waals surface area contributed by atoms with Crippen LogP contribution < -0.4 is 5.32 Å². The van der Waals surface area contributed by atoms with Crippen LogP contribution in [0.25, 0.3) is 0 Å². The third-order valence-electron chi connectivity index (χ3n) is 3.82. The van der Waals surface area contributed by atoms with E-state index in [2.05, 4.69) is 5.32 Å². The average molecular weight is 265 g/mol. The Hall–Kier alpha value is -1.36. The number of carboxylic acids is 1. The number of nitrogens with one attached hydrogen (secondary N) is 1. The standard InChI is InChI=1S/C13H15NO3S/c1-6-5-8(6)11(15)14-12-10(13(16)17)7-3-2-4-9(7)18-12/h6,8H,2-5H2,1H3,(H,14,15)(H,16,17)/t6-,8+/m1/s1. The molecular formula is C13H15NO3S. The van der Waals surface area contributed by atoms with Crippen molar-refractivity contribution in [2.75, 3.05) is 5.32 Å². The zero-order chi connectivity index (χ0) is 12.9. The van der Waals surface area contributed by atoms with Crippen LogP contribution in [0.4, 0.5) is 5.00 Å². The van der Waals surface area contributed by atoms with Gasteiger partial charge in [-0.1, -0.05) is 6.92 Å². The third-order valence-corrected chi connectivity index (χ3v) is 5.03. The van der Waals surface area contributed by atoms with Gasteiger partial charge in [-0.05, 0) is 37.2 Å². The SMILES string of the molecule is C[C@@H]1C[C@@H]1C(=O)Nc1sc2c(c1C(=O)O)CCC2. The first-order chi connectivity index (χ1) is 8.58. The lowest BCUT2D eigenvalue weighted by Crippen LogP contribution is -2.16. The molecule has 2 N–H and O–H groups in total. The van der Waals surface area contributed by atoms with Gasteiger partial charge in [0.05, 0.1) is 5.56 Å². The number of aryl methyl sites for hydroxylation is 1. The molecule has 3 rings (SSSR count). The zero-order valence-electron chi connectivity index (χ0n) is 10.2. The summed E-state index contributed by atoms with van der Waals surface area (Å²) in [6, 6.07) is 0. The smallest absolute Gasteiger partial charge is 0.339 e. The van der Waals surface area contributed by atoms with Crippen LogP contribution >= 0.6 is 11.3 Å².